The van der Waals surface area contributed by atoms with E-state index in [-0.39, 0.29) is 0 Å². The number of hydrogen-bond donors (Lipinski definition) is 2. The summed E-state index contributed by atoms with van der Waals surface area (Å²) in [6.45, 7) is 7.20. The van der Waals surface area contributed by atoms with Crippen molar-refractivity contribution in [3.63, 3.8) is 0 Å². The zero-order valence-corrected chi connectivity index (χ0v) is 17.4. The Kier molecular flexibility index (Phi) is 6.61. The first-order valence-electron chi connectivity index (χ1n) is 9.46. The Morgan fingerprint density at radius 2 is 1.89 bits per heavy atom. The van der Waals surface area contributed by atoms with E-state index in [4.69, 9.17) is 12.2 Å². The number of hydrazone groups is 1. The largest absolute Gasteiger partial charge is 0.342 e. The van der Waals surface area contributed by atoms with Gasteiger partial charge in [-0.25, -0.2) is 0 Å². The summed E-state index contributed by atoms with van der Waals surface area (Å²) < 4.78 is 2.18. The summed E-state index contributed by atoms with van der Waals surface area (Å²) in [5.41, 5.74) is 10.0. The minimum Gasteiger partial charge on any atom is -0.342 e. The topological polar surface area (TPSA) is 41.4 Å². The molecule has 2 aromatic carbocycles. The number of hydrogen-bond acceptors (Lipinski definition) is 2. The Bertz CT molecular complexity index is 988. The molecule has 2 N–H and O–H groups in total. The van der Waals surface area contributed by atoms with E-state index in [1.165, 1.54) is 22.3 Å². The summed E-state index contributed by atoms with van der Waals surface area (Å²) >= 11 is 5.36. The lowest BCUT2D eigenvalue weighted by Crippen LogP contribution is -2.24. The van der Waals surface area contributed by atoms with Gasteiger partial charge < -0.3 is 9.88 Å². The lowest BCUT2D eigenvalue weighted by Gasteiger charge is -2.11. The lowest BCUT2D eigenvalue weighted by atomic mass is 10.1. The van der Waals surface area contributed by atoms with Crippen LogP contribution in [0.1, 0.15) is 34.9 Å². The van der Waals surface area contributed by atoms with E-state index in [0.29, 0.717) is 5.11 Å². The maximum absolute atomic E-state index is 5.36. The van der Waals surface area contributed by atoms with Crippen LogP contribution in [-0.2, 0) is 13.0 Å². The molecule has 0 fully saturated rings. The summed E-state index contributed by atoms with van der Waals surface area (Å²) in [4.78, 5) is 0. The molecule has 0 saturated carbocycles. The second kappa shape index (κ2) is 9.33. The van der Waals surface area contributed by atoms with Gasteiger partial charge in [-0.2, -0.15) is 5.10 Å². The van der Waals surface area contributed by atoms with Gasteiger partial charge in [-0.15, -0.1) is 0 Å². The van der Waals surface area contributed by atoms with E-state index < -0.39 is 0 Å². The highest BCUT2D eigenvalue weighted by atomic mass is 32.1. The number of aromatic nitrogens is 1. The molecule has 1 aromatic heterocycles. The normalized spacial score (nSPS) is 11.0. The standard InChI is InChI=1S/C23H26N4S/c1-4-19-8-5-6-10-22(19)25-23(28)26-24-15-21-9-7-13-27(21)16-20-14-17(2)11-12-18(20)3/h5-15H,4,16H2,1-3H3,(H2,25,26,28). The fraction of sp³-hybridized carbons (Fsp3) is 0.217. The van der Waals surface area contributed by atoms with Gasteiger partial charge >= 0.3 is 0 Å². The first kappa shape index (κ1) is 19.8. The number of rotatable bonds is 6. The summed E-state index contributed by atoms with van der Waals surface area (Å²) in [5, 5.41) is 7.99. The summed E-state index contributed by atoms with van der Waals surface area (Å²) in [7, 11) is 0. The van der Waals surface area contributed by atoms with Crippen molar-refractivity contribution in [2.75, 3.05) is 5.32 Å². The summed E-state index contributed by atoms with van der Waals surface area (Å²) in [5.74, 6) is 0. The van der Waals surface area contributed by atoms with Crippen molar-refractivity contribution in [2.45, 2.75) is 33.7 Å². The molecule has 4 nitrogen and oxygen atoms in total. The first-order valence-corrected chi connectivity index (χ1v) is 9.87. The van der Waals surface area contributed by atoms with Crippen LogP contribution in [0.4, 0.5) is 5.69 Å². The zero-order chi connectivity index (χ0) is 19.9. The van der Waals surface area contributed by atoms with Gasteiger partial charge in [-0.3, -0.25) is 5.43 Å². The minimum absolute atomic E-state index is 0.477. The van der Waals surface area contributed by atoms with Crippen LogP contribution in [0.2, 0.25) is 0 Å². The Morgan fingerprint density at radius 3 is 2.71 bits per heavy atom. The smallest absolute Gasteiger partial charge is 0.191 e. The fourth-order valence-electron chi connectivity index (χ4n) is 3.10. The third kappa shape index (κ3) is 5.08. The van der Waals surface area contributed by atoms with Crippen LogP contribution in [-0.4, -0.2) is 15.9 Å². The molecule has 0 radical (unpaired) electrons. The third-order valence-corrected chi connectivity index (χ3v) is 4.91. The van der Waals surface area contributed by atoms with Crippen LogP contribution in [0.3, 0.4) is 0 Å². The van der Waals surface area contributed by atoms with Gasteiger partial charge in [0.2, 0.25) is 0 Å². The predicted molar refractivity (Wildman–Crippen MR) is 122 cm³/mol. The molecule has 0 unspecified atom stereocenters. The molecule has 1 heterocycles. The van der Waals surface area contributed by atoms with E-state index in [1.807, 2.05) is 30.3 Å². The van der Waals surface area contributed by atoms with Crippen molar-refractivity contribution in [3.8, 4) is 0 Å². The van der Waals surface area contributed by atoms with Gasteiger partial charge in [0.25, 0.3) is 0 Å². The molecule has 0 atom stereocenters. The number of aryl methyl sites for hydroxylation is 3. The molecule has 0 bridgehead atoms. The van der Waals surface area contributed by atoms with Crippen molar-refractivity contribution in [3.05, 3.63) is 88.7 Å². The van der Waals surface area contributed by atoms with Gasteiger partial charge in [0.05, 0.1) is 11.9 Å². The quantitative estimate of drug-likeness (QED) is 0.352. The minimum atomic E-state index is 0.477. The van der Waals surface area contributed by atoms with Gasteiger partial charge in [-0.05, 0) is 67.4 Å². The van der Waals surface area contributed by atoms with Crippen LogP contribution in [0, 0.1) is 13.8 Å². The number of anilines is 1. The number of benzene rings is 2. The van der Waals surface area contributed by atoms with Crippen LogP contribution in [0.25, 0.3) is 0 Å². The molecule has 0 aliphatic heterocycles. The van der Waals surface area contributed by atoms with Crippen molar-refractivity contribution in [1.82, 2.24) is 9.99 Å². The highest BCUT2D eigenvalue weighted by Gasteiger charge is 2.04. The van der Waals surface area contributed by atoms with Crippen LogP contribution < -0.4 is 10.7 Å². The maximum Gasteiger partial charge on any atom is 0.191 e. The van der Waals surface area contributed by atoms with Crippen LogP contribution in [0.15, 0.2) is 65.9 Å². The molecule has 0 aliphatic rings. The second-order valence-corrected chi connectivity index (χ2v) is 7.23. The SMILES string of the molecule is CCc1ccccc1NC(=S)NN=Cc1cccn1Cc1cc(C)ccc1C. The Balaban J connectivity index is 1.63. The van der Waals surface area contributed by atoms with E-state index in [9.17, 15) is 0 Å². The summed E-state index contributed by atoms with van der Waals surface area (Å²) in [6.07, 6.45) is 4.81. The van der Waals surface area contributed by atoms with E-state index in [2.05, 4.69) is 71.6 Å². The average molecular weight is 391 g/mol. The second-order valence-electron chi connectivity index (χ2n) is 6.83. The fourth-order valence-corrected chi connectivity index (χ4v) is 3.26. The molecular formula is C23H26N4S. The highest BCUT2D eigenvalue weighted by molar-refractivity contribution is 7.80. The molecule has 144 valence electrons. The average Bonchev–Trinajstić information content (AvgIpc) is 3.12. The van der Waals surface area contributed by atoms with E-state index in [1.54, 1.807) is 6.21 Å². The maximum atomic E-state index is 5.36. The van der Waals surface area contributed by atoms with Crippen molar-refractivity contribution >= 4 is 29.2 Å². The van der Waals surface area contributed by atoms with Crippen molar-refractivity contribution in [2.24, 2.45) is 5.10 Å². The van der Waals surface area contributed by atoms with Crippen LogP contribution >= 0.6 is 12.2 Å². The molecular weight excluding hydrogens is 364 g/mol. The van der Waals surface area contributed by atoms with Gasteiger partial charge in [0, 0.05) is 18.4 Å². The molecule has 0 spiro atoms. The van der Waals surface area contributed by atoms with Crippen molar-refractivity contribution < 1.29 is 0 Å². The zero-order valence-electron chi connectivity index (χ0n) is 16.6. The van der Waals surface area contributed by atoms with Crippen LogP contribution in [0.5, 0.6) is 0 Å². The number of thiocarbonyl (C=S) groups is 1. The molecule has 28 heavy (non-hydrogen) atoms. The molecule has 5 heteroatoms. The molecule has 0 aliphatic carbocycles. The Labute approximate surface area is 172 Å². The Morgan fingerprint density at radius 1 is 1.07 bits per heavy atom. The molecule has 3 rings (SSSR count). The Hall–Kier alpha value is -2.92. The number of nitrogens with zero attached hydrogens (tertiary/aromatic N) is 2. The van der Waals surface area contributed by atoms with Gasteiger partial charge in [0.15, 0.2) is 5.11 Å². The van der Waals surface area contributed by atoms with Gasteiger partial charge in [0.1, 0.15) is 0 Å². The molecule has 3 aromatic rings. The monoisotopic (exact) mass is 390 g/mol. The number of para-hydroxylation sites is 1. The number of nitrogens with one attached hydrogen (secondary N) is 2. The lowest BCUT2D eigenvalue weighted by molar-refractivity contribution is 0.793. The predicted octanol–water partition coefficient (Wildman–Crippen LogP) is 5.04. The van der Waals surface area contributed by atoms with Crippen molar-refractivity contribution in [1.29, 1.82) is 0 Å². The molecule has 0 amide bonds. The van der Waals surface area contributed by atoms with E-state index in [0.717, 1.165) is 24.3 Å². The molecule has 0 saturated heterocycles. The first-order chi connectivity index (χ1) is 13.6. The van der Waals surface area contributed by atoms with E-state index >= 15 is 0 Å². The van der Waals surface area contributed by atoms with Gasteiger partial charge in [-0.1, -0.05) is 48.9 Å². The third-order valence-electron chi connectivity index (χ3n) is 4.72. The summed E-state index contributed by atoms with van der Waals surface area (Å²) in [6, 6.07) is 18.8. The highest BCUT2D eigenvalue weighted by Crippen LogP contribution is 2.15.